The Balaban J connectivity index is 4.00. The van der Waals surface area contributed by atoms with E-state index in [1.165, 1.54) is 205 Å². The van der Waals surface area contributed by atoms with Gasteiger partial charge in [0.15, 0.2) is 0 Å². The number of aliphatic hydroxyl groups excluding tert-OH is 2. The van der Waals surface area contributed by atoms with Crippen LogP contribution in [0, 0.1) is 0 Å². The van der Waals surface area contributed by atoms with E-state index in [9.17, 15) is 19.4 Å². The fourth-order valence-corrected chi connectivity index (χ4v) is 8.77. The summed E-state index contributed by atoms with van der Waals surface area (Å²) < 4.78 is 33.6. The number of rotatable bonds is 53. The Hall–Kier alpha value is -1.06. The first-order valence-electron chi connectivity index (χ1n) is 27.3. The SMILES string of the molecule is CCCCC/C=C\C/C=C\CCCCCCCCCCCCOCC(COP(=O)(O)OCC(O)CO)OC(=O)CCCCCCCCCCCCCCCCCCCCCCCCC. The van der Waals surface area contributed by atoms with E-state index in [0.717, 1.165) is 44.9 Å². The third kappa shape index (κ3) is 50.4. The quantitative estimate of drug-likeness (QED) is 0.0236. The number of phosphoric ester groups is 1. The average molecular weight is 929 g/mol. The van der Waals surface area contributed by atoms with Crippen molar-refractivity contribution in [3.05, 3.63) is 24.3 Å². The van der Waals surface area contributed by atoms with Gasteiger partial charge in [-0.2, -0.15) is 0 Å². The van der Waals surface area contributed by atoms with E-state index < -0.39 is 33.2 Å². The van der Waals surface area contributed by atoms with Gasteiger partial charge in [-0.1, -0.05) is 244 Å². The van der Waals surface area contributed by atoms with Crippen LogP contribution < -0.4 is 0 Å². The van der Waals surface area contributed by atoms with Crippen molar-refractivity contribution in [1.82, 2.24) is 0 Å². The number of unbranched alkanes of at least 4 members (excludes halogenated alkanes) is 35. The Bertz CT molecular complexity index is 1050. The standard InChI is InChI=1S/C54H105O9P/c1-3-5-7-9-11-13-15-17-19-21-23-25-26-27-28-30-32-34-36-38-40-42-44-46-54(57)63-53(51-62-64(58,59)61-49-52(56)48-55)50-60-47-45-43-41-39-37-35-33-31-29-24-22-20-18-16-14-12-10-8-6-4-2/h12,14,18,20,52-53,55-56H,3-11,13,15-17,19,21-51H2,1-2H3,(H,58,59)/b14-12-,20-18-. The van der Waals surface area contributed by atoms with Gasteiger partial charge in [0.05, 0.1) is 26.4 Å². The fraction of sp³-hybridized carbons (Fsp3) is 0.907. The highest BCUT2D eigenvalue weighted by Gasteiger charge is 2.26. The summed E-state index contributed by atoms with van der Waals surface area (Å²) in [7, 11) is -4.52. The number of carbonyl (C=O) groups is 1. The molecule has 3 N–H and O–H groups in total. The van der Waals surface area contributed by atoms with Crippen molar-refractivity contribution in [3.8, 4) is 0 Å². The smallest absolute Gasteiger partial charge is 0.457 e. The van der Waals surface area contributed by atoms with Crippen LogP contribution in [0.1, 0.15) is 271 Å². The van der Waals surface area contributed by atoms with Crippen molar-refractivity contribution < 1.29 is 43.0 Å². The maximum atomic E-state index is 12.7. The molecule has 0 aliphatic rings. The van der Waals surface area contributed by atoms with Gasteiger partial charge in [-0.05, 0) is 44.9 Å². The third-order valence-corrected chi connectivity index (χ3v) is 13.1. The molecular weight excluding hydrogens is 824 g/mol. The highest BCUT2D eigenvalue weighted by Crippen LogP contribution is 2.43. The minimum absolute atomic E-state index is 0.0520. The van der Waals surface area contributed by atoms with E-state index in [1.54, 1.807) is 0 Å². The molecule has 380 valence electrons. The molecule has 0 aliphatic carbocycles. The molecule has 0 radical (unpaired) electrons. The van der Waals surface area contributed by atoms with Gasteiger partial charge in [-0.3, -0.25) is 13.8 Å². The maximum Gasteiger partial charge on any atom is 0.472 e. The third-order valence-electron chi connectivity index (χ3n) is 12.1. The molecule has 64 heavy (non-hydrogen) atoms. The number of carbonyl (C=O) groups excluding carboxylic acids is 1. The van der Waals surface area contributed by atoms with Crippen LogP contribution in [-0.4, -0.2) is 66.3 Å². The van der Waals surface area contributed by atoms with E-state index in [0.29, 0.717) is 6.61 Å². The number of aliphatic hydroxyl groups is 2. The maximum absolute atomic E-state index is 12.7. The second-order valence-corrected chi connectivity index (χ2v) is 20.1. The minimum Gasteiger partial charge on any atom is -0.457 e. The van der Waals surface area contributed by atoms with Crippen LogP contribution in [0.5, 0.6) is 0 Å². The van der Waals surface area contributed by atoms with Crippen molar-refractivity contribution in [2.45, 2.75) is 283 Å². The molecule has 0 aromatic heterocycles. The van der Waals surface area contributed by atoms with E-state index in [1.807, 2.05) is 0 Å². The summed E-state index contributed by atoms with van der Waals surface area (Å²) in [5.41, 5.74) is 0. The summed E-state index contributed by atoms with van der Waals surface area (Å²) in [5, 5.41) is 18.4. The van der Waals surface area contributed by atoms with Crippen LogP contribution in [0.15, 0.2) is 24.3 Å². The first kappa shape index (κ1) is 62.9. The number of ether oxygens (including phenoxy) is 2. The summed E-state index contributed by atoms with van der Waals surface area (Å²) in [6, 6.07) is 0. The molecule has 0 saturated carbocycles. The van der Waals surface area contributed by atoms with Gasteiger partial charge < -0.3 is 24.6 Å². The Morgan fingerprint density at radius 3 is 1.28 bits per heavy atom. The summed E-state index contributed by atoms with van der Waals surface area (Å²) in [6.07, 6.45) is 57.2. The monoisotopic (exact) mass is 929 g/mol. The van der Waals surface area contributed by atoms with Gasteiger partial charge in [0.1, 0.15) is 12.2 Å². The summed E-state index contributed by atoms with van der Waals surface area (Å²) >= 11 is 0. The molecule has 0 aliphatic heterocycles. The van der Waals surface area contributed by atoms with E-state index in [2.05, 4.69) is 38.2 Å². The van der Waals surface area contributed by atoms with Crippen LogP contribution in [0.4, 0.5) is 0 Å². The predicted molar refractivity (Wildman–Crippen MR) is 270 cm³/mol. The normalized spacial score (nSPS) is 13.9. The zero-order chi connectivity index (χ0) is 46.7. The van der Waals surface area contributed by atoms with Crippen molar-refractivity contribution in [1.29, 1.82) is 0 Å². The molecule has 0 aromatic rings. The van der Waals surface area contributed by atoms with E-state index in [-0.39, 0.29) is 25.6 Å². The van der Waals surface area contributed by atoms with Gasteiger partial charge in [-0.25, -0.2) is 4.57 Å². The van der Waals surface area contributed by atoms with Gasteiger partial charge in [0, 0.05) is 13.0 Å². The minimum atomic E-state index is -4.52. The highest BCUT2D eigenvalue weighted by molar-refractivity contribution is 7.47. The van der Waals surface area contributed by atoms with Crippen molar-refractivity contribution >= 4 is 13.8 Å². The lowest BCUT2D eigenvalue weighted by molar-refractivity contribution is -0.154. The molecule has 0 saturated heterocycles. The molecular formula is C54H105O9P. The first-order valence-corrected chi connectivity index (χ1v) is 28.8. The van der Waals surface area contributed by atoms with Gasteiger partial charge in [0.2, 0.25) is 0 Å². The van der Waals surface area contributed by atoms with Crippen molar-refractivity contribution in [3.63, 3.8) is 0 Å². The van der Waals surface area contributed by atoms with Crippen molar-refractivity contribution in [2.24, 2.45) is 0 Å². The highest BCUT2D eigenvalue weighted by atomic mass is 31.2. The number of hydrogen-bond donors (Lipinski definition) is 3. The number of phosphoric acid groups is 1. The van der Waals surface area contributed by atoms with Crippen molar-refractivity contribution in [2.75, 3.05) is 33.0 Å². The van der Waals surface area contributed by atoms with E-state index >= 15 is 0 Å². The van der Waals surface area contributed by atoms with Crippen LogP contribution in [0.3, 0.4) is 0 Å². The topological polar surface area (TPSA) is 132 Å². The number of hydrogen-bond acceptors (Lipinski definition) is 8. The molecule has 0 rings (SSSR count). The molecule has 0 heterocycles. The second kappa shape index (κ2) is 51.3. The Morgan fingerprint density at radius 1 is 0.484 bits per heavy atom. The van der Waals surface area contributed by atoms with Gasteiger partial charge in [0.25, 0.3) is 0 Å². The predicted octanol–water partition coefficient (Wildman–Crippen LogP) is 16.2. The lowest BCUT2D eigenvalue weighted by Gasteiger charge is -2.20. The van der Waals surface area contributed by atoms with Crippen LogP contribution in [-0.2, 0) is 27.9 Å². The van der Waals surface area contributed by atoms with E-state index in [4.69, 9.17) is 23.6 Å². The zero-order valence-corrected chi connectivity index (χ0v) is 42.9. The largest absolute Gasteiger partial charge is 0.472 e. The molecule has 0 fully saturated rings. The van der Waals surface area contributed by atoms with Gasteiger partial charge in [-0.15, -0.1) is 0 Å². The molecule has 3 unspecified atom stereocenters. The Kier molecular flexibility index (Phi) is 50.5. The first-order chi connectivity index (χ1) is 31.3. The van der Waals surface area contributed by atoms with Crippen LogP contribution >= 0.6 is 7.82 Å². The number of esters is 1. The summed E-state index contributed by atoms with van der Waals surface area (Å²) in [4.78, 5) is 22.7. The van der Waals surface area contributed by atoms with Gasteiger partial charge >= 0.3 is 13.8 Å². The molecule has 3 atom stereocenters. The zero-order valence-electron chi connectivity index (χ0n) is 42.0. The molecule has 0 aromatic carbocycles. The van der Waals surface area contributed by atoms with Crippen LogP contribution in [0.25, 0.3) is 0 Å². The molecule has 9 nitrogen and oxygen atoms in total. The number of allylic oxidation sites excluding steroid dienone is 4. The Morgan fingerprint density at radius 2 is 0.844 bits per heavy atom. The fourth-order valence-electron chi connectivity index (χ4n) is 7.98. The molecule has 0 bridgehead atoms. The second-order valence-electron chi connectivity index (χ2n) is 18.6. The molecule has 10 heteroatoms. The Labute approximate surface area is 395 Å². The lowest BCUT2D eigenvalue weighted by Crippen LogP contribution is -2.29. The molecule has 0 spiro atoms. The lowest BCUT2D eigenvalue weighted by atomic mass is 10.0. The summed E-state index contributed by atoms with van der Waals surface area (Å²) in [6.45, 7) is 3.55. The van der Waals surface area contributed by atoms with Crippen LogP contribution in [0.2, 0.25) is 0 Å². The molecule has 0 amide bonds. The summed E-state index contributed by atoms with van der Waals surface area (Å²) in [5.74, 6) is -0.376. The average Bonchev–Trinajstić information content (AvgIpc) is 3.29.